The summed E-state index contributed by atoms with van der Waals surface area (Å²) in [6.45, 7) is 9.70. The highest BCUT2D eigenvalue weighted by atomic mass is 32.2. The molecule has 0 amide bonds. The first-order chi connectivity index (χ1) is 15.6. The zero-order valence-corrected chi connectivity index (χ0v) is 21.6. The van der Waals surface area contributed by atoms with Gasteiger partial charge in [-0.05, 0) is 58.7 Å². The minimum atomic E-state index is -2.97. The van der Waals surface area contributed by atoms with Crippen LogP contribution in [0.15, 0.2) is 23.6 Å². The SMILES string of the molecule is Cc1nn([C@@H]2CCS(=O)(=O)C2)c(C)c1CN(C)CC(=O)c1cc(C)n(Cc2cccs2)c1C. The number of rotatable bonds is 8. The van der Waals surface area contributed by atoms with Crippen molar-refractivity contribution in [3.8, 4) is 0 Å². The van der Waals surface area contributed by atoms with Crippen LogP contribution in [0.1, 0.15) is 56.0 Å². The summed E-state index contributed by atoms with van der Waals surface area (Å²) in [5, 5.41) is 6.72. The largest absolute Gasteiger partial charge is 0.343 e. The standard InChI is InChI=1S/C24H32N4O3S2/c1-16-11-22(18(3)27(16)12-21-7-6-9-32-21)24(29)14-26(5)13-23-17(2)25-28(19(23)4)20-8-10-33(30,31)15-20/h6-7,9,11,20H,8,10,12-15H2,1-5H3/t20-/m1/s1. The van der Waals surface area contributed by atoms with E-state index in [4.69, 9.17) is 0 Å². The minimum Gasteiger partial charge on any atom is -0.343 e. The van der Waals surface area contributed by atoms with E-state index in [-0.39, 0.29) is 23.3 Å². The van der Waals surface area contributed by atoms with Crippen molar-refractivity contribution in [2.75, 3.05) is 25.1 Å². The Kier molecular flexibility index (Phi) is 6.66. The Labute approximate surface area is 199 Å². The topological polar surface area (TPSA) is 77.2 Å². The number of carbonyl (C=O) groups is 1. The Morgan fingerprint density at radius 2 is 2.00 bits per heavy atom. The molecule has 1 saturated heterocycles. The number of hydrogen-bond donors (Lipinski definition) is 0. The number of carbonyl (C=O) groups excluding carboxylic acids is 1. The van der Waals surface area contributed by atoms with E-state index in [0.29, 0.717) is 19.5 Å². The van der Waals surface area contributed by atoms with Gasteiger partial charge in [0.05, 0.1) is 36.3 Å². The highest BCUT2D eigenvalue weighted by Gasteiger charge is 2.31. The van der Waals surface area contributed by atoms with Gasteiger partial charge < -0.3 is 4.57 Å². The van der Waals surface area contributed by atoms with E-state index in [0.717, 1.165) is 40.4 Å². The lowest BCUT2D eigenvalue weighted by molar-refractivity contribution is 0.0942. The van der Waals surface area contributed by atoms with Gasteiger partial charge in [0.2, 0.25) is 0 Å². The van der Waals surface area contributed by atoms with Gasteiger partial charge in [0.15, 0.2) is 15.6 Å². The minimum absolute atomic E-state index is 0.0943. The molecule has 3 aromatic rings. The van der Waals surface area contributed by atoms with Crippen LogP contribution >= 0.6 is 11.3 Å². The van der Waals surface area contributed by atoms with Gasteiger partial charge >= 0.3 is 0 Å². The first-order valence-electron chi connectivity index (χ1n) is 11.2. The van der Waals surface area contributed by atoms with Gasteiger partial charge in [-0.2, -0.15) is 5.10 Å². The fourth-order valence-corrected chi connectivity index (χ4v) is 7.18. The molecule has 0 spiro atoms. The van der Waals surface area contributed by atoms with E-state index >= 15 is 0 Å². The summed E-state index contributed by atoms with van der Waals surface area (Å²) in [5.41, 5.74) is 5.82. The summed E-state index contributed by atoms with van der Waals surface area (Å²) >= 11 is 1.72. The van der Waals surface area contributed by atoms with Gasteiger partial charge in [0, 0.05) is 39.6 Å². The smallest absolute Gasteiger partial charge is 0.178 e. The number of aryl methyl sites for hydroxylation is 2. The van der Waals surface area contributed by atoms with E-state index < -0.39 is 9.84 Å². The normalized spacial score (nSPS) is 17.8. The monoisotopic (exact) mass is 488 g/mol. The predicted molar refractivity (Wildman–Crippen MR) is 132 cm³/mol. The zero-order valence-electron chi connectivity index (χ0n) is 20.0. The molecule has 3 aromatic heterocycles. The third-order valence-electron chi connectivity index (χ3n) is 6.64. The number of ketones is 1. The van der Waals surface area contributed by atoms with E-state index in [1.165, 1.54) is 4.88 Å². The van der Waals surface area contributed by atoms with E-state index in [1.54, 1.807) is 11.3 Å². The summed E-state index contributed by atoms with van der Waals surface area (Å²) in [6.07, 6.45) is 0.610. The lowest BCUT2D eigenvalue weighted by Gasteiger charge is -2.17. The number of aromatic nitrogens is 3. The number of sulfone groups is 1. The van der Waals surface area contributed by atoms with Gasteiger partial charge in [0.1, 0.15) is 0 Å². The number of nitrogens with zero attached hydrogens (tertiary/aromatic N) is 4. The van der Waals surface area contributed by atoms with E-state index in [9.17, 15) is 13.2 Å². The molecule has 4 rings (SSSR count). The molecule has 9 heteroatoms. The van der Waals surface area contributed by atoms with Crippen molar-refractivity contribution in [3.63, 3.8) is 0 Å². The molecule has 0 bridgehead atoms. The van der Waals surface area contributed by atoms with Crippen LogP contribution in [0.3, 0.4) is 0 Å². The molecular formula is C24H32N4O3S2. The highest BCUT2D eigenvalue weighted by Crippen LogP contribution is 2.27. The maximum absolute atomic E-state index is 13.1. The fourth-order valence-electron chi connectivity index (χ4n) is 4.79. The van der Waals surface area contributed by atoms with Crippen molar-refractivity contribution in [3.05, 3.63) is 62.4 Å². The zero-order chi connectivity index (χ0) is 23.9. The summed E-state index contributed by atoms with van der Waals surface area (Å²) in [4.78, 5) is 16.4. The number of thiophene rings is 1. The average molecular weight is 489 g/mol. The summed E-state index contributed by atoms with van der Waals surface area (Å²) in [5.74, 6) is 0.488. The first kappa shape index (κ1) is 23.9. The maximum atomic E-state index is 13.1. The quantitative estimate of drug-likeness (QED) is 0.452. The van der Waals surface area contributed by atoms with Crippen LogP contribution in [0.4, 0.5) is 0 Å². The third-order valence-corrected chi connectivity index (χ3v) is 9.25. The van der Waals surface area contributed by atoms with Gasteiger partial charge in [-0.1, -0.05) is 6.07 Å². The molecule has 0 unspecified atom stereocenters. The third kappa shape index (κ3) is 5.00. The maximum Gasteiger partial charge on any atom is 0.178 e. The Morgan fingerprint density at radius 1 is 1.24 bits per heavy atom. The van der Waals surface area contributed by atoms with Gasteiger partial charge in [-0.3, -0.25) is 14.4 Å². The van der Waals surface area contributed by atoms with Crippen LogP contribution in [0.25, 0.3) is 0 Å². The second-order valence-electron chi connectivity index (χ2n) is 9.20. The van der Waals surface area contributed by atoms with Crippen LogP contribution in [0, 0.1) is 27.7 Å². The van der Waals surface area contributed by atoms with Gasteiger partial charge in [-0.25, -0.2) is 8.42 Å². The van der Waals surface area contributed by atoms with Gasteiger partial charge in [-0.15, -0.1) is 11.3 Å². The molecule has 33 heavy (non-hydrogen) atoms. The molecule has 4 heterocycles. The predicted octanol–water partition coefficient (Wildman–Crippen LogP) is 3.70. The Morgan fingerprint density at radius 3 is 2.64 bits per heavy atom. The summed E-state index contributed by atoms with van der Waals surface area (Å²) in [7, 11) is -1.03. The summed E-state index contributed by atoms with van der Waals surface area (Å²) < 4.78 is 27.9. The van der Waals surface area contributed by atoms with Crippen LogP contribution in [-0.4, -0.2) is 58.5 Å². The van der Waals surface area contributed by atoms with Crippen molar-refractivity contribution >= 4 is 27.0 Å². The van der Waals surface area contributed by atoms with Crippen molar-refractivity contribution in [1.82, 2.24) is 19.2 Å². The van der Waals surface area contributed by atoms with Gasteiger partial charge in [0.25, 0.3) is 0 Å². The van der Waals surface area contributed by atoms with Crippen LogP contribution in [0.5, 0.6) is 0 Å². The first-order valence-corrected chi connectivity index (χ1v) is 13.9. The van der Waals surface area contributed by atoms with E-state index in [1.807, 2.05) is 56.5 Å². The molecule has 0 N–H and O–H groups in total. The van der Waals surface area contributed by atoms with Crippen molar-refractivity contribution in [2.45, 2.75) is 53.2 Å². The molecule has 1 aliphatic rings. The lowest BCUT2D eigenvalue weighted by atomic mass is 10.1. The molecule has 7 nitrogen and oxygen atoms in total. The second-order valence-corrected chi connectivity index (χ2v) is 12.5. The molecular weight excluding hydrogens is 456 g/mol. The fraction of sp³-hybridized carbons (Fsp3) is 0.500. The molecule has 1 atom stereocenters. The number of Topliss-reactive ketones (excluding diaryl/α,β-unsaturated/α-hetero) is 1. The Hall–Kier alpha value is -2.23. The average Bonchev–Trinajstić information content (AvgIpc) is 3.50. The van der Waals surface area contributed by atoms with Crippen LogP contribution in [0.2, 0.25) is 0 Å². The molecule has 0 radical (unpaired) electrons. The van der Waals surface area contributed by atoms with Crippen LogP contribution in [-0.2, 0) is 22.9 Å². The van der Waals surface area contributed by atoms with Crippen LogP contribution < -0.4 is 0 Å². The highest BCUT2D eigenvalue weighted by molar-refractivity contribution is 7.91. The van der Waals surface area contributed by atoms with E-state index in [2.05, 4.69) is 21.1 Å². The molecule has 1 fully saturated rings. The number of likely N-dealkylation sites (N-methyl/N-ethyl adjacent to an activating group) is 1. The van der Waals surface area contributed by atoms with Crippen molar-refractivity contribution in [1.29, 1.82) is 0 Å². The molecule has 0 aliphatic carbocycles. The molecule has 178 valence electrons. The molecule has 1 aliphatic heterocycles. The number of hydrogen-bond acceptors (Lipinski definition) is 6. The summed E-state index contributed by atoms with van der Waals surface area (Å²) in [6, 6.07) is 6.06. The molecule has 0 aromatic carbocycles. The van der Waals surface area contributed by atoms with Crippen molar-refractivity contribution in [2.24, 2.45) is 0 Å². The Bertz CT molecular complexity index is 1270. The van der Waals surface area contributed by atoms with Crippen molar-refractivity contribution < 1.29 is 13.2 Å². The lowest BCUT2D eigenvalue weighted by Crippen LogP contribution is -2.26. The second kappa shape index (κ2) is 9.19. The molecule has 0 saturated carbocycles. The Balaban J connectivity index is 1.45.